The van der Waals surface area contributed by atoms with Crippen molar-refractivity contribution >= 4 is 34.8 Å². The van der Waals surface area contributed by atoms with Gasteiger partial charge in [-0.15, -0.1) is 0 Å². The number of nitrogens with zero attached hydrogens (tertiary/aromatic N) is 1. The van der Waals surface area contributed by atoms with Crippen molar-refractivity contribution < 1.29 is 18.7 Å². The number of nitrogens with one attached hydrogen (secondary N) is 2. The van der Waals surface area contributed by atoms with Gasteiger partial charge in [0.2, 0.25) is 5.91 Å². The smallest absolute Gasteiger partial charge is 0.229 e. The van der Waals surface area contributed by atoms with Crippen molar-refractivity contribution in [2.24, 2.45) is 5.92 Å². The summed E-state index contributed by atoms with van der Waals surface area (Å²) in [6, 6.07) is 14.6. The summed E-state index contributed by atoms with van der Waals surface area (Å²) in [7, 11) is 0. The number of carbonyl (C=O) groups is 1. The number of aryl methyl sites for hydroxylation is 2. The fraction of sp³-hybridized carbons (Fsp3) is 0.424. The molecule has 0 bridgehead atoms. The summed E-state index contributed by atoms with van der Waals surface area (Å²) < 4.78 is 26.6. The van der Waals surface area contributed by atoms with Crippen LogP contribution in [0.5, 0.6) is 11.5 Å². The van der Waals surface area contributed by atoms with E-state index in [9.17, 15) is 4.79 Å². The second-order valence-electron chi connectivity index (χ2n) is 11.3. The summed E-state index contributed by atoms with van der Waals surface area (Å²) >= 11 is 12.5. The van der Waals surface area contributed by atoms with Gasteiger partial charge in [-0.2, -0.15) is 0 Å². The minimum atomic E-state index is -0.433. The molecule has 0 aromatic heterocycles. The van der Waals surface area contributed by atoms with Gasteiger partial charge in [-0.1, -0.05) is 41.4 Å². The predicted octanol–water partition coefficient (Wildman–Crippen LogP) is 7.10. The molecule has 2 unspecified atom stereocenters. The van der Waals surface area contributed by atoms with Crippen LogP contribution in [-0.2, 0) is 11.3 Å². The van der Waals surface area contributed by atoms with Crippen molar-refractivity contribution in [1.82, 2.24) is 10.2 Å². The van der Waals surface area contributed by atoms with Gasteiger partial charge in [-0.25, -0.2) is 4.39 Å². The summed E-state index contributed by atoms with van der Waals surface area (Å²) in [6.45, 7) is 8.43. The molecule has 1 saturated carbocycles. The lowest BCUT2D eigenvalue weighted by atomic mass is 9.91. The van der Waals surface area contributed by atoms with Gasteiger partial charge in [0, 0.05) is 31.2 Å². The molecule has 0 radical (unpaired) electrons. The van der Waals surface area contributed by atoms with Crippen LogP contribution in [0.2, 0.25) is 10.0 Å². The Labute approximate surface area is 257 Å². The van der Waals surface area contributed by atoms with Crippen molar-refractivity contribution in [1.29, 1.82) is 0 Å². The molecule has 2 aliphatic rings. The molecule has 3 aromatic rings. The van der Waals surface area contributed by atoms with E-state index in [4.69, 9.17) is 32.7 Å². The fourth-order valence-corrected chi connectivity index (χ4v) is 6.18. The molecule has 1 aliphatic carbocycles. The van der Waals surface area contributed by atoms with Gasteiger partial charge in [-0.05, 0) is 93.1 Å². The standard InChI is InChI=1S/C33H38Cl2FN3O3/c1-20-15-27(34)32(28(35)16-20)42-14-13-41-25-9-10-31(29(36)17-25)38-30-11-12-37-18-26(30)33(40)39(24-7-8-24)19-23-6-4-5-21(2)22(23)3/h4-6,9-10,15-17,24,26,30,37-38H,7-8,11-14,18-19H2,1-3H3. The number of amides is 1. The Bertz CT molecular complexity index is 1410. The molecule has 2 atom stereocenters. The summed E-state index contributed by atoms with van der Waals surface area (Å²) in [5, 5.41) is 7.58. The Kier molecular flexibility index (Phi) is 9.81. The molecule has 1 amide bonds. The van der Waals surface area contributed by atoms with Crippen LogP contribution in [0.4, 0.5) is 10.1 Å². The van der Waals surface area contributed by atoms with Crippen LogP contribution in [-0.4, -0.2) is 49.2 Å². The molecular weight excluding hydrogens is 576 g/mol. The molecule has 3 aromatic carbocycles. The number of benzene rings is 3. The molecule has 1 heterocycles. The van der Waals surface area contributed by atoms with E-state index in [0.717, 1.165) is 31.4 Å². The SMILES string of the molecule is Cc1cc(Cl)c(OCCOc2ccc(NC3CCNCC3C(=O)N(Cc3cccc(C)c3C)C3CC3)c(F)c2)c(Cl)c1. The van der Waals surface area contributed by atoms with E-state index < -0.39 is 5.82 Å². The first kappa shape index (κ1) is 30.5. The largest absolute Gasteiger partial charge is 0.490 e. The van der Waals surface area contributed by atoms with Crippen LogP contribution in [0.25, 0.3) is 0 Å². The molecule has 2 N–H and O–H groups in total. The molecule has 0 spiro atoms. The molecule has 42 heavy (non-hydrogen) atoms. The first-order chi connectivity index (χ1) is 20.2. The second-order valence-corrected chi connectivity index (χ2v) is 12.1. The Morgan fingerprint density at radius 2 is 1.76 bits per heavy atom. The van der Waals surface area contributed by atoms with Crippen molar-refractivity contribution in [3.05, 3.63) is 86.6 Å². The molecule has 6 nitrogen and oxygen atoms in total. The van der Waals surface area contributed by atoms with Crippen molar-refractivity contribution in [2.45, 2.75) is 58.7 Å². The highest BCUT2D eigenvalue weighted by Crippen LogP contribution is 2.35. The number of anilines is 1. The van der Waals surface area contributed by atoms with Gasteiger partial charge in [0.25, 0.3) is 0 Å². The van der Waals surface area contributed by atoms with E-state index in [0.29, 0.717) is 40.3 Å². The maximum Gasteiger partial charge on any atom is 0.229 e. The van der Waals surface area contributed by atoms with Crippen LogP contribution in [0.15, 0.2) is 48.5 Å². The van der Waals surface area contributed by atoms with Crippen molar-refractivity contribution in [3.8, 4) is 11.5 Å². The lowest BCUT2D eigenvalue weighted by Gasteiger charge is -2.36. The lowest BCUT2D eigenvalue weighted by molar-refractivity contribution is -0.137. The van der Waals surface area contributed by atoms with Crippen LogP contribution < -0.4 is 20.1 Å². The highest BCUT2D eigenvalue weighted by molar-refractivity contribution is 6.37. The van der Waals surface area contributed by atoms with Gasteiger partial charge >= 0.3 is 0 Å². The number of carbonyl (C=O) groups excluding carboxylic acids is 1. The topological polar surface area (TPSA) is 62.8 Å². The number of hydrogen-bond acceptors (Lipinski definition) is 5. The van der Waals surface area contributed by atoms with Gasteiger partial charge < -0.3 is 25.0 Å². The third-order valence-corrected chi connectivity index (χ3v) is 8.71. The van der Waals surface area contributed by atoms with Crippen molar-refractivity contribution in [2.75, 3.05) is 31.6 Å². The van der Waals surface area contributed by atoms with E-state index in [2.05, 4.69) is 42.7 Å². The summed E-state index contributed by atoms with van der Waals surface area (Å²) in [5.74, 6) is 0.180. The highest BCUT2D eigenvalue weighted by Gasteiger charge is 2.40. The summed E-state index contributed by atoms with van der Waals surface area (Å²) in [4.78, 5) is 16.0. The Balaban J connectivity index is 1.20. The average Bonchev–Trinajstić information content (AvgIpc) is 3.80. The highest BCUT2D eigenvalue weighted by atomic mass is 35.5. The summed E-state index contributed by atoms with van der Waals surface area (Å²) in [5.41, 5.74) is 4.93. The van der Waals surface area contributed by atoms with Crippen molar-refractivity contribution in [3.63, 3.8) is 0 Å². The third-order valence-electron chi connectivity index (χ3n) is 8.15. The summed E-state index contributed by atoms with van der Waals surface area (Å²) in [6.07, 6.45) is 2.78. The number of halogens is 3. The Hall–Kier alpha value is -3.00. The maximum absolute atomic E-state index is 15.2. The van der Waals surface area contributed by atoms with E-state index >= 15 is 4.39 Å². The molecule has 1 aliphatic heterocycles. The Morgan fingerprint density at radius 3 is 2.48 bits per heavy atom. The van der Waals surface area contributed by atoms with Crippen LogP contribution in [0, 0.1) is 32.5 Å². The minimum Gasteiger partial charge on any atom is -0.490 e. The van der Waals surface area contributed by atoms with E-state index in [1.54, 1.807) is 24.3 Å². The van der Waals surface area contributed by atoms with Gasteiger partial charge in [-0.3, -0.25) is 4.79 Å². The zero-order chi connectivity index (χ0) is 29.8. The molecule has 224 valence electrons. The number of hydrogen-bond donors (Lipinski definition) is 2. The van der Waals surface area contributed by atoms with E-state index in [-0.39, 0.29) is 37.1 Å². The minimum absolute atomic E-state index is 0.122. The monoisotopic (exact) mass is 613 g/mol. The average molecular weight is 615 g/mol. The first-order valence-electron chi connectivity index (χ1n) is 14.5. The van der Waals surface area contributed by atoms with Gasteiger partial charge in [0.1, 0.15) is 24.8 Å². The Morgan fingerprint density at radius 1 is 1.02 bits per heavy atom. The fourth-order valence-electron chi connectivity index (χ4n) is 5.47. The van der Waals surface area contributed by atoms with Crippen LogP contribution >= 0.6 is 23.2 Å². The molecular formula is C33H38Cl2FN3O3. The zero-order valence-corrected chi connectivity index (χ0v) is 25.8. The normalized spacial score (nSPS) is 18.4. The number of rotatable bonds is 11. The van der Waals surface area contributed by atoms with Gasteiger partial charge in [0.05, 0.1) is 21.7 Å². The maximum atomic E-state index is 15.2. The zero-order valence-electron chi connectivity index (χ0n) is 24.3. The van der Waals surface area contributed by atoms with Gasteiger partial charge in [0.15, 0.2) is 5.75 Å². The number of ether oxygens (including phenoxy) is 2. The second kappa shape index (κ2) is 13.5. The number of piperidine rings is 1. The molecule has 1 saturated heterocycles. The lowest BCUT2D eigenvalue weighted by Crippen LogP contribution is -2.52. The quantitative estimate of drug-likeness (QED) is 0.226. The molecule has 2 fully saturated rings. The van der Waals surface area contributed by atoms with E-state index in [1.807, 2.05) is 11.8 Å². The van der Waals surface area contributed by atoms with Crippen LogP contribution in [0.3, 0.4) is 0 Å². The first-order valence-corrected chi connectivity index (χ1v) is 15.3. The van der Waals surface area contributed by atoms with E-state index in [1.165, 1.54) is 22.8 Å². The molecule has 9 heteroatoms. The molecule has 5 rings (SSSR count). The van der Waals surface area contributed by atoms with Crippen LogP contribution in [0.1, 0.15) is 41.5 Å². The third kappa shape index (κ3) is 7.31. The predicted molar refractivity (Wildman–Crippen MR) is 166 cm³/mol.